The van der Waals surface area contributed by atoms with E-state index in [1.165, 1.54) is 31.9 Å². The molecule has 12 nitrogen and oxygen atoms in total. The summed E-state index contributed by atoms with van der Waals surface area (Å²) in [4.78, 5) is 30.9. The number of fused-ring (bicyclic) bond motifs is 2. The molecule has 1 aromatic carbocycles. The van der Waals surface area contributed by atoms with E-state index in [0.29, 0.717) is 54.1 Å². The number of likely N-dealkylation sites (tertiary alicyclic amines) is 1. The SMILES string of the molecule is C=CC(=O)N1CCC(Oc2nc3c(Nc4ccc(Oc5ccn6ncnc6c5)c(Cl)c4F)ncnc3cc2OC)CC1. The van der Waals surface area contributed by atoms with Gasteiger partial charge in [0, 0.05) is 44.3 Å². The third kappa shape index (κ3) is 5.33. The van der Waals surface area contributed by atoms with Crippen molar-refractivity contribution >= 4 is 45.7 Å². The Balaban J connectivity index is 1.24. The fraction of sp³-hybridized carbons (Fsp3) is 0.214. The molecule has 14 heteroatoms. The summed E-state index contributed by atoms with van der Waals surface area (Å²) in [6.07, 6.45) is 6.77. The molecule has 1 saturated heterocycles. The predicted molar refractivity (Wildman–Crippen MR) is 152 cm³/mol. The molecule has 5 aromatic rings. The summed E-state index contributed by atoms with van der Waals surface area (Å²) < 4.78 is 34.5. The standard InChI is InChI=1S/C28H24ClFN8O4/c1-3-23(39)37-9-6-16(7-10-37)42-28-21(40-2)13-19-26(36-28)27(33-14-31-19)35-18-4-5-20(24(29)25(18)30)41-17-8-11-38-22(12-17)32-15-34-38/h3-5,8,11-16H,1,6-7,9-10H2,2H3,(H,31,33,35). The molecular formula is C28H24ClFN8O4. The van der Waals surface area contributed by atoms with Gasteiger partial charge in [0.2, 0.25) is 5.91 Å². The number of ether oxygens (including phenoxy) is 3. The molecule has 0 atom stereocenters. The number of methoxy groups -OCH3 is 1. The zero-order valence-electron chi connectivity index (χ0n) is 22.3. The molecule has 1 amide bonds. The number of benzene rings is 1. The maximum absolute atomic E-state index is 15.4. The Morgan fingerprint density at radius 3 is 2.76 bits per heavy atom. The monoisotopic (exact) mass is 590 g/mol. The minimum Gasteiger partial charge on any atom is -0.491 e. The maximum atomic E-state index is 15.4. The second-order valence-electron chi connectivity index (χ2n) is 9.32. The van der Waals surface area contributed by atoms with Gasteiger partial charge in [0.05, 0.1) is 18.3 Å². The maximum Gasteiger partial charge on any atom is 0.258 e. The number of nitrogens with zero attached hydrogens (tertiary/aromatic N) is 7. The Hall–Kier alpha value is -5.04. The van der Waals surface area contributed by atoms with Crippen LogP contribution in [-0.4, -0.2) is 66.7 Å². The summed E-state index contributed by atoms with van der Waals surface area (Å²) in [6, 6.07) is 8.02. The number of anilines is 2. The minimum absolute atomic E-state index is 0.0552. The third-order valence-corrected chi connectivity index (χ3v) is 7.10. The molecule has 0 spiro atoms. The number of aromatic nitrogens is 6. The van der Waals surface area contributed by atoms with Gasteiger partial charge in [-0.1, -0.05) is 18.2 Å². The quantitative estimate of drug-likeness (QED) is 0.248. The van der Waals surface area contributed by atoms with Gasteiger partial charge in [-0.2, -0.15) is 5.10 Å². The van der Waals surface area contributed by atoms with Crippen LogP contribution >= 0.6 is 11.6 Å². The van der Waals surface area contributed by atoms with E-state index in [-0.39, 0.29) is 40.2 Å². The molecule has 1 aliphatic heterocycles. The molecule has 1 aliphatic rings. The van der Waals surface area contributed by atoms with Gasteiger partial charge in [0.15, 0.2) is 23.0 Å². The molecule has 5 heterocycles. The van der Waals surface area contributed by atoms with Crippen LogP contribution in [0.1, 0.15) is 12.8 Å². The van der Waals surface area contributed by atoms with Gasteiger partial charge < -0.3 is 24.4 Å². The van der Waals surface area contributed by atoms with Gasteiger partial charge in [-0.15, -0.1) is 0 Å². The largest absolute Gasteiger partial charge is 0.491 e. The number of hydrogen-bond donors (Lipinski definition) is 1. The zero-order valence-corrected chi connectivity index (χ0v) is 23.1. The summed E-state index contributed by atoms with van der Waals surface area (Å²) in [5.41, 5.74) is 1.42. The molecule has 0 bridgehead atoms. The second kappa shape index (κ2) is 11.4. The van der Waals surface area contributed by atoms with Crippen LogP contribution in [0.5, 0.6) is 23.1 Å². The van der Waals surface area contributed by atoms with Crippen LogP contribution in [0.4, 0.5) is 15.9 Å². The van der Waals surface area contributed by atoms with E-state index in [4.69, 9.17) is 25.8 Å². The van der Waals surface area contributed by atoms with E-state index in [9.17, 15) is 4.79 Å². The average Bonchev–Trinajstić information content (AvgIpc) is 3.49. The highest BCUT2D eigenvalue weighted by atomic mass is 35.5. The lowest BCUT2D eigenvalue weighted by Gasteiger charge is -2.31. The van der Waals surface area contributed by atoms with Crippen molar-refractivity contribution in [3.05, 3.63) is 72.7 Å². The molecular weight excluding hydrogens is 567 g/mol. The van der Waals surface area contributed by atoms with E-state index in [0.717, 1.165) is 0 Å². The van der Waals surface area contributed by atoms with Crippen molar-refractivity contribution in [2.45, 2.75) is 18.9 Å². The summed E-state index contributed by atoms with van der Waals surface area (Å²) in [5.74, 6) is 0.552. The van der Waals surface area contributed by atoms with Crippen molar-refractivity contribution in [2.75, 3.05) is 25.5 Å². The molecule has 1 N–H and O–H groups in total. The smallest absolute Gasteiger partial charge is 0.258 e. The second-order valence-corrected chi connectivity index (χ2v) is 9.70. The lowest BCUT2D eigenvalue weighted by Crippen LogP contribution is -2.41. The number of halogens is 2. The fourth-order valence-electron chi connectivity index (χ4n) is 4.58. The van der Waals surface area contributed by atoms with Crippen LogP contribution in [0.3, 0.4) is 0 Å². The molecule has 42 heavy (non-hydrogen) atoms. The first kappa shape index (κ1) is 27.1. The summed E-state index contributed by atoms with van der Waals surface area (Å²) in [5, 5.41) is 6.77. The highest BCUT2D eigenvalue weighted by Crippen LogP contribution is 2.38. The molecule has 0 aliphatic carbocycles. The number of carbonyl (C=O) groups is 1. The van der Waals surface area contributed by atoms with E-state index >= 15 is 4.39 Å². The van der Waals surface area contributed by atoms with Crippen molar-refractivity contribution in [1.29, 1.82) is 0 Å². The van der Waals surface area contributed by atoms with Crippen LogP contribution in [0.25, 0.3) is 16.7 Å². The average molecular weight is 591 g/mol. The van der Waals surface area contributed by atoms with Crippen molar-refractivity contribution in [3.63, 3.8) is 0 Å². The van der Waals surface area contributed by atoms with E-state index in [1.807, 2.05) is 0 Å². The van der Waals surface area contributed by atoms with Crippen molar-refractivity contribution < 1.29 is 23.4 Å². The van der Waals surface area contributed by atoms with Gasteiger partial charge in [0.25, 0.3) is 5.88 Å². The van der Waals surface area contributed by atoms with E-state index < -0.39 is 5.82 Å². The minimum atomic E-state index is -0.740. The number of pyridine rings is 2. The number of rotatable bonds is 8. The zero-order chi connectivity index (χ0) is 29.2. The molecule has 0 unspecified atom stereocenters. The number of carbonyl (C=O) groups excluding carboxylic acids is 1. The Bertz CT molecular complexity index is 1810. The van der Waals surface area contributed by atoms with E-state index in [1.54, 1.807) is 39.9 Å². The van der Waals surface area contributed by atoms with Crippen LogP contribution in [-0.2, 0) is 4.79 Å². The lowest BCUT2D eigenvalue weighted by molar-refractivity contribution is -0.127. The number of amides is 1. The normalized spacial score (nSPS) is 13.7. The van der Waals surface area contributed by atoms with Gasteiger partial charge >= 0.3 is 0 Å². The number of hydrogen-bond acceptors (Lipinski definition) is 10. The first-order chi connectivity index (χ1) is 20.4. The first-order valence-corrected chi connectivity index (χ1v) is 13.3. The van der Waals surface area contributed by atoms with Crippen LogP contribution in [0.2, 0.25) is 5.02 Å². The Labute approximate surface area is 243 Å². The van der Waals surface area contributed by atoms with Crippen LogP contribution in [0.15, 0.2) is 61.8 Å². The first-order valence-electron chi connectivity index (χ1n) is 12.9. The summed E-state index contributed by atoms with van der Waals surface area (Å²) in [7, 11) is 1.51. The topological polar surface area (TPSA) is 129 Å². The molecule has 214 valence electrons. The van der Waals surface area contributed by atoms with Gasteiger partial charge in [-0.25, -0.2) is 28.8 Å². The molecule has 6 rings (SSSR count). The predicted octanol–water partition coefficient (Wildman–Crippen LogP) is 4.96. The number of piperidine rings is 1. The molecule has 0 radical (unpaired) electrons. The van der Waals surface area contributed by atoms with E-state index in [2.05, 4.69) is 36.9 Å². The Morgan fingerprint density at radius 1 is 1.14 bits per heavy atom. The third-order valence-electron chi connectivity index (χ3n) is 6.75. The Kier molecular flexibility index (Phi) is 7.40. The summed E-state index contributed by atoms with van der Waals surface area (Å²) in [6.45, 7) is 4.62. The van der Waals surface area contributed by atoms with Crippen molar-refractivity contribution in [2.24, 2.45) is 0 Å². The van der Waals surface area contributed by atoms with Crippen molar-refractivity contribution in [1.82, 2.24) is 34.4 Å². The van der Waals surface area contributed by atoms with Gasteiger partial charge in [-0.05, 0) is 24.3 Å². The molecule has 0 saturated carbocycles. The summed E-state index contributed by atoms with van der Waals surface area (Å²) >= 11 is 6.35. The molecule has 4 aromatic heterocycles. The van der Waals surface area contributed by atoms with Crippen LogP contribution < -0.4 is 19.5 Å². The lowest BCUT2D eigenvalue weighted by atomic mass is 10.1. The van der Waals surface area contributed by atoms with Crippen molar-refractivity contribution in [3.8, 4) is 23.1 Å². The van der Waals surface area contributed by atoms with Crippen LogP contribution in [0, 0.1) is 5.82 Å². The number of nitrogens with one attached hydrogen (secondary N) is 1. The fourth-order valence-corrected chi connectivity index (χ4v) is 4.78. The van der Waals surface area contributed by atoms with Gasteiger partial charge in [-0.3, -0.25) is 4.79 Å². The highest BCUT2D eigenvalue weighted by molar-refractivity contribution is 6.32. The highest BCUT2D eigenvalue weighted by Gasteiger charge is 2.25. The Morgan fingerprint density at radius 2 is 1.98 bits per heavy atom. The molecule has 1 fully saturated rings. The van der Waals surface area contributed by atoms with Gasteiger partial charge in [0.1, 0.15) is 40.8 Å².